The Balaban J connectivity index is 2.34. The van der Waals surface area contributed by atoms with E-state index in [1.54, 1.807) is 24.3 Å². The Labute approximate surface area is 111 Å². The van der Waals surface area contributed by atoms with E-state index < -0.39 is 15.9 Å². The zero-order chi connectivity index (χ0) is 13.2. The summed E-state index contributed by atoms with van der Waals surface area (Å²) in [4.78, 5) is 13.3. The molecule has 96 valence electrons. The van der Waals surface area contributed by atoms with Gasteiger partial charge in [0.1, 0.15) is 5.88 Å². The van der Waals surface area contributed by atoms with Crippen LogP contribution in [0, 0.1) is 0 Å². The van der Waals surface area contributed by atoms with E-state index in [2.05, 4.69) is 0 Å². The number of carbonyl (C=O) groups is 1. The molecule has 0 N–H and O–H groups in total. The van der Waals surface area contributed by atoms with E-state index in [0.717, 1.165) is 5.41 Å². The summed E-state index contributed by atoms with van der Waals surface area (Å²) in [5, 5.41) is 1.15. The van der Waals surface area contributed by atoms with Gasteiger partial charge in [-0.1, -0.05) is 18.2 Å². The number of hydrogen-bond donors (Lipinski definition) is 0. The predicted octanol–water partition coefficient (Wildman–Crippen LogP) is 1.57. The second-order valence-corrected chi connectivity index (χ2v) is 6.16. The number of amides is 1. The normalized spacial score (nSPS) is 20.8. The molecule has 1 aliphatic heterocycles. The third-order valence-electron chi connectivity index (χ3n) is 2.66. The molecule has 2 rings (SSSR count). The monoisotopic (exact) mass is 285 g/mol. The first kappa shape index (κ1) is 13.1. The number of benzene rings is 1. The molecule has 18 heavy (non-hydrogen) atoms. The molecular weight excluding hydrogens is 274 g/mol. The molecule has 0 aliphatic carbocycles. The third kappa shape index (κ3) is 2.73. The lowest BCUT2D eigenvalue weighted by atomic mass is 10.2. The highest BCUT2D eigenvalue weighted by atomic mass is 35.5. The minimum atomic E-state index is -3.21. The van der Waals surface area contributed by atoms with Gasteiger partial charge in [0, 0.05) is 11.1 Å². The number of alkyl halides is 1. The van der Waals surface area contributed by atoms with Crippen LogP contribution in [-0.2, 0) is 14.6 Å². The van der Waals surface area contributed by atoms with Crippen molar-refractivity contribution >= 4 is 33.0 Å². The van der Waals surface area contributed by atoms with Crippen molar-refractivity contribution in [1.29, 1.82) is 0 Å². The zero-order valence-electron chi connectivity index (χ0n) is 9.49. The number of carbonyl (C=O) groups excluding carboxylic acids is 1. The third-order valence-corrected chi connectivity index (χ3v) is 4.27. The molecule has 1 atom stereocenters. The van der Waals surface area contributed by atoms with Crippen molar-refractivity contribution in [3.8, 4) is 0 Å². The van der Waals surface area contributed by atoms with Crippen LogP contribution in [0.1, 0.15) is 0 Å². The van der Waals surface area contributed by atoms with Gasteiger partial charge in [-0.3, -0.25) is 4.79 Å². The molecule has 0 aromatic heterocycles. The quantitative estimate of drug-likeness (QED) is 0.792. The van der Waals surface area contributed by atoms with E-state index in [4.69, 9.17) is 11.6 Å². The molecule has 1 heterocycles. The van der Waals surface area contributed by atoms with Crippen LogP contribution in [0.4, 0.5) is 5.69 Å². The Morgan fingerprint density at radius 1 is 1.33 bits per heavy atom. The lowest BCUT2D eigenvalue weighted by Crippen LogP contribution is -2.41. The van der Waals surface area contributed by atoms with Crippen LogP contribution in [0.15, 0.2) is 41.8 Å². The highest BCUT2D eigenvalue weighted by Crippen LogP contribution is 2.22. The summed E-state index contributed by atoms with van der Waals surface area (Å²) in [5.74, 6) is -0.585. The molecular formula is C12H12ClNO3S. The molecule has 1 amide bonds. The lowest BCUT2D eigenvalue weighted by molar-refractivity contribution is -0.116. The highest BCUT2D eigenvalue weighted by Gasteiger charge is 2.30. The molecule has 6 heteroatoms. The minimum Gasteiger partial charge on any atom is -0.303 e. The number of anilines is 1. The first-order chi connectivity index (χ1) is 8.53. The van der Waals surface area contributed by atoms with Gasteiger partial charge < -0.3 is 4.90 Å². The maximum atomic E-state index is 11.9. The van der Waals surface area contributed by atoms with Gasteiger partial charge in [0.05, 0.1) is 11.8 Å². The summed E-state index contributed by atoms with van der Waals surface area (Å²) in [7, 11) is -3.21. The molecule has 1 aliphatic rings. The van der Waals surface area contributed by atoms with Crippen LogP contribution in [-0.4, -0.2) is 32.0 Å². The largest absolute Gasteiger partial charge is 0.303 e. The van der Waals surface area contributed by atoms with Crippen molar-refractivity contribution in [3.63, 3.8) is 0 Å². The van der Waals surface area contributed by atoms with E-state index in [9.17, 15) is 13.2 Å². The summed E-state index contributed by atoms with van der Waals surface area (Å²) in [6.07, 6.45) is 1.52. The van der Waals surface area contributed by atoms with Crippen molar-refractivity contribution in [3.05, 3.63) is 41.8 Å². The average Bonchev–Trinajstić information content (AvgIpc) is 2.71. The lowest BCUT2D eigenvalue weighted by Gasteiger charge is -2.26. The fourth-order valence-electron chi connectivity index (χ4n) is 1.89. The van der Waals surface area contributed by atoms with Crippen LogP contribution >= 0.6 is 11.6 Å². The van der Waals surface area contributed by atoms with Gasteiger partial charge in [-0.05, 0) is 18.2 Å². The van der Waals surface area contributed by atoms with Crippen molar-refractivity contribution in [1.82, 2.24) is 0 Å². The van der Waals surface area contributed by atoms with Gasteiger partial charge in [0.15, 0.2) is 9.84 Å². The van der Waals surface area contributed by atoms with Crippen molar-refractivity contribution < 1.29 is 13.2 Å². The van der Waals surface area contributed by atoms with Crippen LogP contribution in [0.2, 0.25) is 0 Å². The Morgan fingerprint density at radius 2 is 2.00 bits per heavy atom. The van der Waals surface area contributed by atoms with Gasteiger partial charge in [-0.25, -0.2) is 8.42 Å². The van der Waals surface area contributed by atoms with Crippen molar-refractivity contribution in [2.45, 2.75) is 6.04 Å². The summed E-state index contributed by atoms with van der Waals surface area (Å²) in [5.41, 5.74) is 0.648. The molecule has 0 bridgehead atoms. The first-order valence-electron chi connectivity index (χ1n) is 5.37. The second kappa shape index (κ2) is 5.12. The summed E-state index contributed by atoms with van der Waals surface area (Å²) in [6, 6.07) is 8.43. The summed E-state index contributed by atoms with van der Waals surface area (Å²) < 4.78 is 22.9. The van der Waals surface area contributed by atoms with Gasteiger partial charge in [-0.15, -0.1) is 11.6 Å². The van der Waals surface area contributed by atoms with Crippen LogP contribution in [0.3, 0.4) is 0 Å². The molecule has 0 saturated heterocycles. The van der Waals surface area contributed by atoms with Gasteiger partial charge >= 0.3 is 0 Å². The Morgan fingerprint density at radius 3 is 2.50 bits per heavy atom. The standard InChI is InChI=1S/C12H12ClNO3S/c13-8-12(15)14(10-4-2-1-3-5-10)11-6-7-18(16,17)9-11/h1-7,11H,8-9H2. The second-order valence-electron chi connectivity index (χ2n) is 3.96. The fourth-order valence-corrected chi connectivity index (χ4v) is 3.29. The molecule has 1 unspecified atom stereocenters. The Kier molecular flexibility index (Phi) is 3.73. The first-order valence-corrected chi connectivity index (χ1v) is 7.62. The molecule has 1 aromatic rings. The van der Waals surface area contributed by atoms with E-state index in [1.807, 2.05) is 6.07 Å². The van der Waals surface area contributed by atoms with Crippen LogP contribution in [0.25, 0.3) is 0 Å². The molecule has 4 nitrogen and oxygen atoms in total. The smallest absolute Gasteiger partial charge is 0.242 e. The topological polar surface area (TPSA) is 54.5 Å². The van der Waals surface area contributed by atoms with Gasteiger partial charge in [0.25, 0.3) is 0 Å². The maximum Gasteiger partial charge on any atom is 0.242 e. The Bertz CT molecular complexity index is 568. The van der Waals surface area contributed by atoms with E-state index in [1.165, 1.54) is 11.0 Å². The number of hydrogen-bond acceptors (Lipinski definition) is 3. The fraction of sp³-hybridized carbons (Fsp3) is 0.250. The number of sulfone groups is 1. The molecule has 0 spiro atoms. The number of para-hydroxylation sites is 1. The molecule has 0 saturated carbocycles. The highest BCUT2D eigenvalue weighted by molar-refractivity contribution is 7.94. The SMILES string of the molecule is O=C(CCl)N(c1ccccc1)C1C=CS(=O)(=O)C1. The van der Waals surface area contributed by atoms with E-state index in [-0.39, 0.29) is 17.5 Å². The minimum absolute atomic E-state index is 0.0927. The van der Waals surface area contributed by atoms with Gasteiger partial charge in [-0.2, -0.15) is 0 Å². The predicted molar refractivity (Wildman–Crippen MR) is 71.4 cm³/mol. The van der Waals surface area contributed by atoms with E-state index >= 15 is 0 Å². The van der Waals surface area contributed by atoms with Crippen LogP contribution in [0.5, 0.6) is 0 Å². The molecule has 0 fully saturated rings. The number of rotatable bonds is 3. The molecule has 0 radical (unpaired) electrons. The van der Waals surface area contributed by atoms with Crippen molar-refractivity contribution in [2.75, 3.05) is 16.5 Å². The number of nitrogens with zero attached hydrogens (tertiary/aromatic N) is 1. The van der Waals surface area contributed by atoms with Crippen LogP contribution < -0.4 is 4.90 Å². The maximum absolute atomic E-state index is 11.9. The molecule has 1 aromatic carbocycles. The Hall–Kier alpha value is -1.33. The average molecular weight is 286 g/mol. The zero-order valence-corrected chi connectivity index (χ0v) is 11.1. The van der Waals surface area contributed by atoms with Crippen molar-refractivity contribution in [2.24, 2.45) is 0 Å². The van der Waals surface area contributed by atoms with Gasteiger partial charge in [0.2, 0.25) is 5.91 Å². The van der Waals surface area contributed by atoms with E-state index in [0.29, 0.717) is 5.69 Å². The summed E-state index contributed by atoms with van der Waals surface area (Å²) >= 11 is 5.58. The number of halogens is 1. The summed E-state index contributed by atoms with van der Waals surface area (Å²) in [6.45, 7) is 0.